The summed E-state index contributed by atoms with van der Waals surface area (Å²) in [6.45, 7) is 4.25. The van der Waals surface area contributed by atoms with Gasteiger partial charge in [-0.1, -0.05) is 13.8 Å². The molecular weight excluding hydrogens is 248 g/mol. The van der Waals surface area contributed by atoms with Gasteiger partial charge < -0.3 is 15.3 Å². The molecule has 0 atom stereocenters. The maximum Gasteiger partial charge on any atom is 0.323 e. The monoisotopic (exact) mass is 268 g/mol. The number of carbonyl (C=O) groups excluding carboxylic acids is 1. The summed E-state index contributed by atoms with van der Waals surface area (Å²) in [5, 5.41) is 15.6. The van der Waals surface area contributed by atoms with Gasteiger partial charge in [-0.25, -0.2) is 4.79 Å². The molecule has 0 aliphatic rings. The van der Waals surface area contributed by atoms with E-state index in [1.54, 1.807) is 24.0 Å². The summed E-state index contributed by atoms with van der Waals surface area (Å²) in [5.74, 6) is -0.811. The minimum absolute atomic E-state index is 0.208. The lowest BCUT2D eigenvalue weighted by Crippen LogP contribution is -2.44. The van der Waals surface area contributed by atoms with Gasteiger partial charge in [0.15, 0.2) is 0 Å². The number of carbonyl (C=O) groups is 2. The quantitative estimate of drug-likeness (QED) is 0.794. The number of carboxylic acid groups (broad SMARTS) is 1. The molecule has 7 nitrogen and oxygen atoms in total. The maximum atomic E-state index is 11.9. The van der Waals surface area contributed by atoms with Crippen molar-refractivity contribution in [2.45, 2.75) is 20.4 Å². The lowest BCUT2D eigenvalue weighted by Gasteiger charge is -2.22. The van der Waals surface area contributed by atoms with Gasteiger partial charge in [-0.05, 0) is 12.0 Å². The highest BCUT2D eigenvalue weighted by molar-refractivity contribution is 5.80. The second kappa shape index (κ2) is 6.77. The first-order chi connectivity index (χ1) is 8.88. The van der Waals surface area contributed by atoms with Crippen LogP contribution in [0.2, 0.25) is 0 Å². The van der Waals surface area contributed by atoms with Gasteiger partial charge in [0.25, 0.3) is 0 Å². The van der Waals surface area contributed by atoms with E-state index >= 15 is 0 Å². The molecule has 1 aromatic heterocycles. The van der Waals surface area contributed by atoms with E-state index in [2.05, 4.69) is 10.4 Å². The number of rotatable bonds is 6. The molecule has 0 aliphatic heterocycles. The topological polar surface area (TPSA) is 87.5 Å². The molecule has 0 spiro atoms. The molecule has 0 bridgehead atoms. The molecule has 0 unspecified atom stereocenters. The van der Waals surface area contributed by atoms with E-state index in [0.717, 1.165) is 5.69 Å². The zero-order chi connectivity index (χ0) is 14.4. The minimum Gasteiger partial charge on any atom is -0.480 e. The van der Waals surface area contributed by atoms with Crippen LogP contribution in [0.25, 0.3) is 0 Å². The number of aryl methyl sites for hydroxylation is 1. The van der Waals surface area contributed by atoms with Crippen LogP contribution in [0.15, 0.2) is 12.3 Å². The highest BCUT2D eigenvalue weighted by Gasteiger charge is 2.17. The Hall–Kier alpha value is -2.05. The summed E-state index contributed by atoms with van der Waals surface area (Å²) in [5.41, 5.74) is 0.732. The smallest absolute Gasteiger partial charge is 0.323 e. The number of nitrogens with one attached hydrogen (secondary N) is 1. The van der Waals surface area contributed by atoms with Gasteiger partial charge in [0, 0.05) is 19.8 Å². The van der Waals surface area contributed by atoms with E-state index < -0.39 is 5.97 Å². The molecule has 0 saturated heterocycles. The molecule has 0 radical (unpaired) electrons. The second-order valence-electron chi connectivity index (χ2n) is 4.81. The summed E-state index contributed by atoms with van der Waals surface area (Å²) in [4.78, 5) is 23.9. The van der Waals surface area contributed by atoms with E-state index in [4.69, 9.17) is 5.11 Å². The van der Waals surface area contributed by atoms with Crippen LogP contribution in [0.1, 0.15) is 19.5 Å². The van der Waals surface area contributed by atoms with Gasteiger partial charge in [-0.15, -0.1) is 0 Å². The lowest BCUT2D eigenvalue weighted by atomic mass is 10.2. The van der Waals surface area contributed by atoms with Crippen molar-refractivity contribution in [3.63, 3.8) is 0 Å². The van der Waals surface area contributed by atoms with Gasteiger partial charge in [0.2, 0.25) is 0 Å². The average Bonchev–Trinajstić information content (AvgIpc) is 2.70. The van der Waals surface area contributed by atoms with Crippen LogP contribution >= 0.6 is 0 Å². The van der Waals surface area contributed by atoms with E-state index in [1.165, 1.54) is 4.90 Å². The van der Waals surface area contributed by atoms with Crippen molar-refractivity contribution >= 4 is 12.0 Å². The van der Waals surface area contributed by atoms with Gasteiger partial charge >= 0.3 is 12.0 Å². The molecule has 2 N–H and O–H groups in total. The first-order valence-corrected chi connectivity index (χ1v) is 6.11. The molecule has 2 amide bonds. The number of urea groups is 1. The van der Waals surface area contributed by atoms with E-state index in [1.807, 2.05) is 13.8 Å². The number of aromatic nitrogens is 2. The summed E-state index contributed by atoms with van der Waals surface area (Å²) >= 11 is 0. The maximum absolute atomic E-state index is 11.9. The lowest BCUT2D eigenvalue weighted by molar-refractivity contribution is -0.137. The zero-order valence-electron chi connectivity index (χ0n) is 11.5. The Morgan fingerprint density at radius 3 is 2.68 bits per heavy atom. The van der Waals surface area contributed by atoms with Crippen molar-refractivity contribution in [1.82, 2.24) is 20.0 Å². The highest BCUT2D eigenvalue weighted by atomic mass is 16.4. The first-order valence-electron chi connectivity index (χ1n) is 6.11. The molecular formula is C12H20N4O3. The van der Waals surface area contributed by atoms with Crippen LogP contribution in [0.5, 0.6) is 0 Å². The second-order valence-corrected chi connectivity index (χ2v) is 4.81. The number of nitrogens with zero attached hydrogens (tertiary/aromatic N) is 3. The number of carboxylic acids is 1. The summed E-state index contributed by atoms with van der Waals surface area (Å²) < 4.78 is 1.64. The SMILES string of the molecule is CC(C)CN(CC(=O)O)C(=O)NCc1ccn(C)n1. The zero-order valence-corrected chi connectivity index (χ0v) is 11.5. The minimum atomic E-state index is -1.02. The van der Waals surface area contributed by atoms with E-state index in [9.17, 15) is 9.59 Å². The van der Waals surface area contributed by atoms with E-state index in [0.29, 0.717) is 6.54 Å². The molecule has 1 rings (SSSR count). The molecule has 19 heavy (non-hydrogen) atoms. The summed E-state index contributed by atoms with van der Waals surface area (Å²) in [6, 6.07) is 1.41. The van der Waals surface area contributed by atoms with Crippen LogP contribution in [-0.2, 0) is 18.4 Å². The van der Waals surface area contributed by atoms with Gasteiger partial charge in [0.1, 0.15) is 6.54 Å². The highest BCUT2D eigenvalue weighted by Crippen LogP contribution is 2.00. The largest absolute Gasteiger partial charge is 0.480 e. The van der Waals surface area contributed by atoms with Crippen molar-refractivity contribution in [2.75, 3.05) is 13.1 Å². The normalized spacial score (nSPS) is 10.5. The van der Waals surface area contributed by atoms with Crippen molar-refractivity contribution in [3.05, 3.63) is 18.0 Å². The Bertz CT molecular complexity index is 442. The van der Waals surface area contributed by atoms with Crippen LogP contribution < -0.4 is 5.32 Å². The van der Waals surface area contributed by atoms with Gasteiger partial charge in [0.05, 0.1) is 12.2 Å². The molecule has 106 valence electrons. The van der Waals surface area contributed by atoms with Crippen LogP contribution in [0, 0.1) is 5.92 Å². The molecule has 7 heteroatoms. The fourth-order valence-corrected chi connectivity index (χ4v) is 1.66. The van der Waals surface area contributed by atoms with Crippen molar-refractivity contribution in [1.29, 1.82) is 0 Å². The van der Waals surface area contributed by atoms with Crippen LogP contribution in [-0.4, -0.2) is 44.9 Å². The average molecular weight is 268 g/mol. The predicted molar refractivity (Wildman–Crippen MR) is 69.5 cm³/mol. The molecule has 0 aliphatic carbocycles. The van der Waals surface area contributed by atoms with E-state index in [-0.39, 0.29) is 25.0 Å². The third-order valence-electron chi connectivity index (χ3n) is 2.39. The van der Waals surface area contributed by atoms with Crippen molar-refractivity contribution in [2.24, 2.45) is 13.0 Å². The molecule has 0 aromatic carbocycles. The Kier molecular flexibility index (Phi) is 5.35. The van der Waals surface area contributed by atoms with Crippen LogP contribution in [0.4, 0.5) is 4.79 Å². The molecule has 1 aromatic rings. The molecule has 1 heterocycles. The fourth-order valence-electron chi connectivity index (χ4n) is 1.66. The van der Waals surface area contributed by atoms with Crippen molar-refractivity contribution < 1.29 is 14.7 Å². The first kappa shape index (κ1) is 15.0. The Labute approximate surface area is 112 Å². The Morgan fingerprint density at radius 1 is 1.53 bits per heavy atom. The van der Waals surface area contributed by atoms with Crippen LogP contribution in [0.3, 0.4) is 0 Å². The third-order valence-corrected chi connectivity index (χ3v) is 2.39. The number of aliphatic carboxylic acids is 1. The number of hydrogen-bond acceptors (Lipinski definition) is 3. The number of hydrogen-bond donors (Lipinski definition) is 2. The Morgan fingerprint density at radius 2 is 2.21 bits per heavy atom. The fraction of sp³-hybridized carbons (Fsp3) is 0.583. The Balaban J connectivity index is 2.53. The standard InChI is InChI=1S/C12H20N4O3/c1-9(2)7-16(8-11(17)18)12(19)13-6-10-4-5-15(3)14-10/h4-5,9H,6-8H2,1-3H3,(H,13,19)(H,17,18). The predicted octanol–water partition coefficient (Wildman–Crippen LogP) is 0.672. The van der Waals surface area contributed by atoms with Crippen molar-refractivity contribution in [3.8, 4) is 0 Å². The van der Waals surface area contributed by atoms with Gasteiger partial charge in [-0.2, -0.15) is 5.10 Å². The summed E-state index contributed by atoms with van der Waals surface area (Å²) in [6.07, 6.45) is 1.78. The van der Waals surface area contributed by atoms with Gasteiger partial charge in [-0.3, -0.25) is 9.48 Å². The summed E-state index contributed by atoms with van der Waals surface area (Å²) in [7, 11) is 1.79. The molecule has 0 fully saturated rings. The number of amides is 2. The molecule has 0 saturated carbocycles. The third kappa shape index (κ3) is 5.41.